The molecule has 4 amide bonds. The lowest BCUT2D eigenvalue weighted by atomic mass is 9.99. The number of nitrogens with two attached hydrogens (primary N) is 1. The first-order chi connectivity index (χ1) is 16.2. The number of aryl methyl sites for hydroxylation is 1. The van der Waals surface area contributed by atoms with Crippen LogP contribution in [0.5, 0.6) is 5.75 Å². The van der Waals surface area contributed by atoms with E-state index in [9.17, 15) is 24.3 Å². The highest BCUT2D eigenvalue weighted by Crippen LogP contribution is 2.27. The predicted octanol–water partition coefficient (Wildman–Crippen LogP) is 2.44. The summed E-state index contributed by atoms with van der Waals surface area (Å²) in [7, 11) is 0. The molecule has 2 unspecified atom stereocenters. The summed E-state index contributed by atoms with van der Waals surface area (Å²) in [5, 5.41) is 15.3. The van der Waals surface area contributed by atoms with E-state index in [0.29, 0.717) is 11.1 Å². The molecule has 0 aliphatic carbocycles. The summed E-state index contributed by atoms with van der Waals surface area (Å²) in [4.78, 5) is 52.2. The van der Waals surface area contributed by atoms with E-state index in [1.54, 1.807) is 53.7 Å². The van der Waals surface area contributed by atoms with Crippen LogP contribution in [-0.2, 0) is 19.1 Å². The number of hydrogen-bond acceptors (Lipinski definition) is 6. The van der Waals surface area contributed by atoms with Gasteiger partial charge in [-0.05, 0) is 71.2 Å². The maximum atomic E-state index is 13.7. The van der Waals surface area contributed by atoms with Crippen molar-refractivity contribution in [2.75, 3.05) is 6.54 Å². The van der Waals surface area contributed by atoms with Crippen molar-refractivity contribution in [3.63, 3.8) is 0 Å². The van der Waals surface area contributed by atoms with Gasteiger partial charge in [-0.15, -0.1) is 6.58 Å². The van der Waals surface area contributed by atoms with Crippen LogP contribution < -0.4 is 16.4 Å². The molecule has 0 saturated carbocycles. The summed E-state index contributed by atoms with van der Waals surface area (Å²) in [5.74, 6) is -1.67. The fourth-order valence-corrected chi connectivity index (χ4v) is 3.34. The molecule has 0 spiro atoms. The highest BCUT2D eigenvalue weighted by molar-refractivity contribution is 5.92. The number of nitrogens with zero attached hydrogens (tertiary/aromatic N) is 1. The number of carbonyl (C=O) groups excluding carboxylic acids is 4. The fraction of sp³-hybridized carbons (Fsp3) is 0.520. The first-order valence-corrected chi connectivity index (χ1v) is 11.4. The molecule has 0 fully saturated rings. The van der Waals surface area contributed by atoms with Gasteiger partial charge in [0.05, 0.1) is 0 Å². The number of rotatable bonds is 11. The Bertz CT molecular complexity index is 938. The number of hydrogen-bond donors (Lipinski definition) is 4. The molecular weight excluding hydrogens is 452 g/mol. The smallest absolute Gasteiger partial charge is 0.408 e. The zero-order chi connectivity index (χ0) is 26.9. The Hall–Kier alpha value is -3.56. The van der Waals surface area contributed by atoms with Gasteiger partial charge in [-0.2, -0.15) is 0 Å². The standard InChI is InChI=1S/C25H38N4O6/c1-8-13-29(21(22(32)27-15(2)3)17-9-11-19(30)16(4)14-17)23(33)18(10-12-20(26)31)28-24(34)35-25(5,6)7/h8-9,11,14-15,18,21,30H,1,10,12-13H2,2-7H3,(H2,26,31)(H,27,32)(H,28,34). The number of nitrogens with one attached hydrogen (secondary N) is 2. The minimum Gasteiger partial charge on any atom is -0.508 e. The summed E-state index contributed by atoms with van der Waals surface area (Å²) in [6, 6.07) is 2.11. The van der Waals surface area contributed by atoms with Crippen molar-refractivity contribution in [3.8, 4) is 5.75 Å². The van der Waals surface area contributed by atoms with Gasteiger partial charge in [0.25, 0.3) is 0 Å². The van der Waals surface area contributed by atoms with E-state index < -0.39 is 41.5 Å². The SMILES string of the molecule is C=CCN(C(=O)C(CCC(N)=O)NC(=O)OC(C)(C)C)C(C(=O)NC(C)C)c1ccc(O)c(C)c1. The van der Waals surface area contributed by atoms with E-state index in [2.05, 4.69) is 17.2 Å². The second kappa shape index (κ2) is 12.8. The van der Waals surface area contributed by atoms with Crippen LogP contribution in [0.25, 0.3) is 0 Å². The van der Waals surface area contributed by atoms with Crippen LogP contribution in [0, 0.1) is 6.92 Å². The van der Waals surface area contributed by atoms with Crippen molar-refractivity contribution in [2.24, 2.45) is 5.73 Å². The van der Waals surface area contributed by atoms with Crippen molar-refractivity contribution in [1.82, 2.24) is 15.5 Å². The number of amides is 4. The van der Waals surface area contributed by atoms with Gasteiger partial charge in [0.1, 0.15) is 23.4 Å². The number of benzene rings is 1. The lowest BCUT2D eigenvalue weighted by molar-refractivity contribution is -0.142. The van der Waals surface area contributed by atoms with Gasteiger partial charge in [0.2, 0.25) is 17.7 Å². The molecule has 1 rings (SSSR count). The van der Waals surface area contributed by atoms with E-state index in [1.807, 2.05) is 0 Å². The topological polar surface area (TPSA) is 151 Å². The van der Waals surface area contributed by atoms with Crippen molar-refractivity contribution in [1.29, 1.82) is 0 Å². The van der Waals surface area contributed by atoms with Crippen LogP contribution in [-0.4, -0.2) is 58.1 Å². The molecule has 2 atom stereocenters. The molecule has 0 aliphatic rings. The molecule has 1 aromatic rings. The van der Waals surface area contributed by atoms with Gasteiger partial charge in [-0.3, -0.25) is 14.4 Å². The average molecular weight is 491 g/mol. The fourth-order valence-electron chi connectivity index (χ4n) is 3.34. The third-order valence-corrected chi connectivity index (χ3v) is 4.80. The highest BCUT2D eigenvalue weighted by Gasteiger charge is 2.36. The van der Waals surface area contributed by atoms with E-state index in [0.717, 1.165) is 0 Å². The second-order valence-electron chi connectivity index (χ2n) is 9.59. The quantitative estimate of drug-likeness (QED) is 0.350. The van der Waals surface area contributed by atoms with Gasteiger partial charge in [-0.25, -0.2) is 4.79 Å². The Morgan fingerprint density at radius 2 is 1.83 bits per heavy atom. The number of ether oxygens (including phenoxy) is 1. The largest absolute Gasteiger partial charge is 0.508 e. The lowest BCUT2D eigenvalue weighted by Gasteiger charge is -2.34. The maximum absolute atomic E-state index is 13.7. The summed E-state index contributed by atoms with van der Waals surface area (Å²) in [5.41, 5.74) is 5.45. The molecule has 35 heavy (non-hydrogen) atoms. The Morgan fingerprint density at radius 3 is 2.31 bits per heavy atom. The van der Waals surface area contributed by atoms with Gasteiger partial charge in [0.15, 0.2) is 0 Å². The molecule has 194 valence electrons. The van der Waals surface area contributed by atoms with Gasteiger partial charge < -0.3 is 31.1 Å². The molecule has 0 heterocycles. The first-order valence-electron chi connectivity index (χ1n) is 11.4. The zero-order valence-electron chi connectivity index (χ0n) is 21.4. The summed E-state index contributed by atoms with van der Waals surface area (Å²) in [6.45, 7) is 14.0. The maximum Gasteiger partial charge on any atom is 0.408 e. The molecular formula is C25H38N4O6. The number of phenols is 1. The molecule has 5 N–H and O–H groups in total. The third kappa shape index (κ3) is 9.68. The zero-order valence-corrected chi connectivity index (χ0v) is 21.4. The summed E-state index contributed by atoms with van der Waals surface area (Å²) in [6.07, 6.45) is 0.352. The predicted molar refractivity (Wildman–Crippen MR) is 132 cm³/mol. The molecule has 1 aromatic carbocycles. The van der Waals surface area contributed by atoms with E-state index >= 15 is 0 Å². The number of alkyl carbamates (subject to hydrolysis) is 1. The Balaban J connectivity index is 3.48. The lowest BCUT2D eigenvalue weighted by Crippen LogP contribution is -2.53. The van der Waals surface area contributed by atoms with Gasteiger partial charge >= 0.3 is 6.09 Å². The minimum atomic E-state index is -1.19. The van der Waals surface area contributed by atoms with Crippen LogP contribution in [0.4, 0.5) is 4.79 Å². The van der Waals surface area contributed by atoms with Crippen LogP contribution in [0.2, 0.25) is 0 Å². The summed E-state index contributed by atoms with van der Waals surface area (Å²) >= 11 is 0. The number of carbonyl (C=O) groups is 4. The van der Waals surface area contributed by atoms with E-state index in [1.165, 1.54) is 17.0 Å². The van der Waals surface area contributed by atoms with Crippen LogP contribution in [0.15, 0.2) is 30.9 Å². The minimum absolute atomic E-state index is 0.0298. The molecule has 0 saturated heterocycles. The molecule has 0 aromatic heterocycles. The monoisotopic (exact) mass is 490 g/mol. The second-order valence-corrected chi connectivity index (χ2v) is 9.59. The van der Waals surface area contributed by atoms with Crippen molar-refractivity contribution in [2.45, 2.75) is 78.1 Å². The van der Waals surface area contributed by atoms with Gasteiger partial charge in [0, 0.05) is 19.0 Å². The Morgan fingerprint density at radius 1 is 1.20 bits per heavy atom. The number of phenolic OH excluding ortho intramolecular Hbond substituents is 1. The number of primary amides is 1. The average Bonchev–Trinajstić information content (AvgIpc) is 2.70. The van der Waals surface area contributed by atoms with Gasteiger partial charge in [-0.1, -0.05) is 12.1 Å². The van der Waals surface area contributed by atoms with Crippen molar-refractivity contribution < 1.29 is 29.0 Å². The molecule has 10 heteroatoms. The number of aromatic hydroxyl groups is 1. The van der Waals surface area contributed by atoms with Crippen LogP contribution in [0.3, 0.4) is 0 Å². The third-order valence-electron chi connectivity index (χ3n) is 4.80. The van der Waals surface area contributed by atoms with E-state index in [4.69, 9.17) is 10.5 Å². The first kappa shape index (κ1) is 29.5. The molecule has 0 bridgehead atoms. The van der Waals surface area contributed by atoms with E-state index in [-0.39, 0.29) is 31.2 Å². The van der Waals surface area contributed by atoms with Crippen LogP contribution >= 0.6 is 0 Å². The van der Waals surface area contributed by atoms with Crippen LogP contribution in [0.1, 0.15) is 64.6 Å². The Labute approximate surface area is 206 Å². The highest BCUT2D eigenvalue weighted by atomic mass is 16.6. The summed E-state index contributed by atoms with van der Waals surface area (Å²) < 4.78 is 5.27. The molecule has 0 aliphatic heterocycles. The van der Waals surface area contributed by atoms with Crippen molar-refractivity contribution >= 4 is 23.8 Å². The normalized spacial score (nSPS) is 12.9. The Kier molecular flexibility index (Phi) is 10.8. The molecule has 0 radical (unpaired) electrons. The molecule has 10 nitrogen and oxygen atoms in total. The van der Waals surface area contributed by atoms with Crippen molar-refractivity contribution in [3.05, 3.63) is 42.0 Å².